The summed E-state index contributed by atoms with van der Waals surface area (Å²) in [5.41, 5.74) is 0. The summed E-state index contributed by atoms with van der Waals surface area (Å²) < 4.78 is 10.6. The van der Waals surface area contributed by atoms with E-state index < -0.39 is 0 Å². The first kappa shape index (κ1) is 12.3. The highest BCUT2D eigenvalue weighted by atomic mass is 35.5. The first-order valence-electron chi connectivity index (χ1n) is 5.66. The van der Waals surface area contributed by atoms with Crippen LogP contribution in [-0.2, 0) is 4.74 Å². The third kappa shape index (κ3) is 3.67. The van der Waals surface area contributed by atoms with Gasteiger partial charge in [-0.05, 0) is 24.4 Å². The molecule has 17 heavy (non-hydrogen) atoms. The van der Waals surface area contributed by atoms with Crippen LogP contribution in [0.25, 0.3) is 0 Å². The third-order valence-electron chi connectivity index (χ3n) is 2.29. The molecular formula is C10H15ClN4O2. The summed E-state index contributed by atoms with van der Waals surface area (Å²) in [6, 6.07) is 0.487. The van der Waals surface area contributed by atoms with Crippen LogP contribution in [0.3, 0.4) is 0 Å². The van der Waals surface area contributed by atoms with E-state index >= 15 is 0 Å². The highest BCUT2D eigenvalue weighted by molar-refractivity contribution is 6.28. The summed E-state index contributed by atoms with van der Waals surface area (Å²) >= 11 is 5.80. The molecule has 1 atom stereocenters. The van der Waals surface area contributed by atoms with Crippen molar-refractivity contribution in [3.05, 3.63) is 5.28 Å². The zero-order chi connectivity index (χ0) is 12.1. The molecule has 0 aromatic carbocycles. The second-order valence-electron chi connectivity index (χ2n) is 3.76. The van der Waals surface area contributed by atoms with Crippen molar-refractivity contribution in [2.45, 2.75) is 25.8 Å². The van der Waals surface area contributed by atoms with E-state index in [1.54, 1.807) is 0 Å². The molecule has 0 spiro atoms. The molecule has 6 nitrogen and oxygen atoms in total. The van der Waals surface area contributed by atoms with E-state index in [0.29, 0.717) is 19.2 Å². The average molecular weight is 259 g/mol. The second-order valence-corrected chi connectivity index (χ2v) is 4.10. The van der Waals surface area contributed by atoms with E-state index in [0.717, 1.165) is 19.4 Å². The van der Waals surface area contributed by atoms with E-state index in [1.165, 1.54) is 0 Å². The third-order valence-corrected chi connectivity index (χ3v) is 2.45. The van der Waals surface area contributed by atoms with Gasteiger partial charge < -0.3 is 14.8 Å². The molecule has 0 amide bonds. The van der Waals surface area contributed by atoms with Crippen molar-refractivity contribution >= 4 is 17.5 Å². The standard InChI is InChI=1S/C10H15ClN4O2/c1-2-4-17-10-14-8(11)13-9(15-10)12-7-3-5-16-6-7/h7H,2-6H2,1H3,(H,12,13,14,15). The Labute approximate surface area is 105 Å². The molecule has 1 N–H and O–H groups in total. The lowest BCUT2D eigenvalue weighted by molar-refractivity contribution is 0.195. The number of rotatable bonds is 5. The van der Waals surface area contributed by atoms with E-state index in [2.05, 4.69) is 20.3 Å². The summed E-state index contributed by atoms with van der Waals surface area (Å²) in [4.78, 5) is 12.0. The quantitative estimate of drug-likeness (QED) is 0.864. The number of hydrogen-bond acceptors (Lipinski definition) is 6. The maximum atomic E-state index is 5.80. The minimum Gasteiger partial charge on any atom is -0.463 e. The van der Waals surface area contributed by atoms with Gasteiger partial charge in [-0.2, -0.15) is 15.0 Å². The van der Waals surface area contributed by atoms with Gasteiger partial charge in [0.15, 0.2) is 0 Å². The Morgan fingerprint density at radius 3 is 3.06 bits per heavy atom. The van der Waals surface area contributed by atoms with Gasteiger partial charge in [0.2, 0.25) is 11.2 Å². The van der Waals surface area contributed by atoms with Crippen molar-refractivity contribution in [2.24, 2.45) is 0 Å². The fraction of sp³-hybridized carbons (Fsp3) is 0.700. The molecule has 1 aliphatic heterocycles. The van der Waals surface area contributed by atoms with Crippen LogP contribution in [0.1, 0.15) is 19.8 Å². The van der Waals surface area contributed by atoms with Crippen LogP contribution in [0.5, 0.6) is 6.01 Å². The Morgan fingerprint density at radius 1 is 1.47 bits per heavy atom. The van der Waals surface area contributed by atoms with Gasteiger partial charge >= 0.3 is 6.01 Å². The van der Waals surface area contributed by atoms with Crippen LogP contribution in [0.2, 0.25) is 5.28 Å². The van der Waals surface area contributed by atoms with E-state index in [4.69, 9.17) is 21.1 Å². The van der Waals surface area contributed by atoms with Crippen molar-refractivity contribution in [3.8, 4) is 6.01 Å². The maximum absolute atomic E-state index is 5.80. The van der Waals surface area contributed by atoms with Gasteiger partial charge in [0.05, 0.1) is 19.3 Å². The summed E-state index contributed by atoms with van der Waals surface area (Å²) in [7, 11) is 0. The van der Waals surface area contributed by atoms with Gasteiger partial charge in [-0.25, -0.2) is 0 Å². The monoisotopic (exact) mass is 258 g/mol. The number of halogens is 1. The normalized spacial score (nSPS) is 19.3. The molecule has 1 unspecified atom stereocenters. The van der Waals surface area contributed by atoms with Crippen molar-refractivity contribution in [2.75, 3.05) is 25.1 Å². The molecule has 1 aliphatic rings. The molecule has 0 radical (unpaired) electrons. The zero-order valence-corrected chi connectivity index (χ0v) is 10.4. The van der Waals surface area contributed by atoms with Crippen LogP contribution in [0.15, 0.2) is 0 Å². The van der Waals surface area contributed by atoms with E-state index in [1.807, 2.05) is 6.92 Å². The molecule has 0 aliphatic carbocycles. The molecule has 2 rings (SSSR count). The van der Waals surface area contributed by atoms with Crippen molar-refractivity contribution in [3.63, 3.8) is 0 Å². The van der Waals surface area contributed by atoms with Gasteiger partial charge in [-0.15, -0.1) is 0 Å². The molecule has 1 aromatic heterocycles. The molecule has 1 fully saturated rings. The fourth-order valence-corrected chi connectivity index (χ4v) is 1.64. The molecule has 7 heteroatoms. The highest BCUT2D eigenvalue weighted by Gasteiger charge is 2.17. The van der Waals surface area contributed by atoms with Gasteiger partial charge in [0, 0.05) is 6.61 Å². The fourth-order valence-electron chi connectivity index (χ4n) is 1.49. The summed E-state index contributed by atoms with van der Waals surface area (Å²) in [5.74, 6) is 0.437. The Bertz CT molecular complexity index is 371. The van der Waals surface area contributed by atoms with Crippen LogP contribution < -0.4 is 10.1 Å². The molecule has 1 saturated heterocycles. The predicted octanol–water partition coefficient (Wildman–Crippen LogP) is 1.51. The van der Waals surface area contributed by atoms with Crippen LogP contribution in [0, 0.1) is 0 Å². The Kier molecular flexibility index (Phi) is 4.33. The van der Waals surface area contributed by atoms with Crippen molar-refractivity contribution < 1.29 is 9.47 Å². The van der Waals surface area contributed by atoms with Gasteiger partial charge in [0.1, 0.15) is 0 Å². The van der Waals surface area contributed by atoms with E-state index in [9.17, 15) is 0 Å². The Hall–Kier alpha value is -1.14. The molecule has 0 saturated carbocycles. The molecule has 2 heterocycles. The SMILES string of the molecule is CCCOc1nc(Cl)nc(NC2CCOC2)n1. The first-order valence-corrected chi connectivity index (χ1v) is 6.04. The number of nitrogens with zero attached hydrogens (tertiary/aromatic N) is 3. The van der Waals surface area contributed by atoms with Crippen LogP contribution in [0.4, 0.5) is 5.95 Å². The molecule has 94 valence electrons. The first-order chi connectivity index (χ1) is 8.28. The topological polar surface area (TPSA) is 69.2 Å². The van der Waals surface area contributed by atoms with Gasteiger partial charge in [0.25, 0.3) is 0 Å². The lowest BCUT2D eigenvalue weighted by atomic mass is 10.3. The number of anilines is 1. The van der Waals surface area contributed by atoms with Crippen LogP contribution >= 0.6 is 11.6 Å². The Balaban J connectivity index is 2.02. The maximum Gasteiger partial charge on any atom is 0.322 e. The molecular weight excluding hydrogens is 244 g/mol. The smallest absolute Gasteiger partial charge is 0.322 e. The predicted molar refractivity (Wildman–Crippen MR) is 63.5 cm³/mol. The molecule has 0 bridgehead atoms. The average Bonchev–Trinajstić information content (AvgIpc) is 2.78. The molecule has 1 aromatic rings. The number of nitrogens with one attached hydrogen (secondary N) is 1. The summed E-state index contributed by atoms with van der Waals surface area (Å²) in [6.07, 6.45) is 1.83. The Morgan fingerprint density at radius 2 is 2.35 bits per heavy atom. The number of hydrogen-bond donors (Lipinski definition) is 1. The van der Waals surface area contributed by atoms with Crippen molar-refractivity contribution in [1.29, 1.82) is 0 Å². The van der Waals surface area contributed by atoms with E-state index in [-0.39, 0.29) is 17.3 Å². The van der Waals surface area contributed by atoms with Crippen molar-refractivity contribution in [1.82, 2.24) is 15.0 Å². The lowest BCUT2D eigenvalue weighted by Crippen LogP contribution is -2.21. The number of aromatic nitrogens is 3. The van der Waals surface area contributed by atoms with Crippen LogP contribution in [-0.4, -0.2) is 40.8 Å². The lowest BCUT2D eigenvalue weighted by Gasteiger charge is -2.11. The minimum absolute atomic E-state index is 0.132. The summed E-state index contributed by atoms with van der Waals surface area (Å²) in [5, 5.41) is 3.28. The summed E-state index contributed by atoms with van der Waals surface area (Å²) in [6.45, 7) is 3.99. The highest BCUT2D eigenvalue weighted by Crippen LogP contribution is 2.14. The van der Waals surface area contributed by atoms with Gasteiger partial charge in [-0.3, -0.25) is 0 Å². The van der Waals surface area contributed by atoms with Gasteiger partial charge in [-0.1, -0.05) is 6.92 Å². The largest absolute Gasteiger partial charge is 0.463 e. The zero-order valence-electron chi connectivity index (χ0n) is 9.65. The minimum atomic E-state index is 0.132. The number of ether oxygens (including phenoxy) is 2. The second kappa shape index (κ2) is 5.97.